The third-order valence-corrected chi connectivity index (χ3v) is 4.45. The molecule has 2 saturated heterocycles. The van der Waals surface area contributed by atoms with Crippen LogP contribution in [0, 0.1) is 0 Å². The lowest BCUT2D eigenvalue weighted by Gasteiger charge is -2.53. The van der Waals surface area contributed by atoms with Gasteiger partial charge in [0.25, 0.3) is 0 Å². The first-order valence-electron chi connectivity index (χ1n) is 6.81. The number of rotatable bonds is 2. The maximum atomic E-state index is 5.80. The summed E-state index contributed by atoms with van der Waals surface area (Å²) in [4.78, 5) is 2.69. The molecule has 0 saturated carbocycles. The van der Waals surface area contributed by atoms with E-state index in [1.54, 1.807) is 0 Å². The van der Waals surface area contributed by atoms with Gasteiger partial charge in [-0.1, -0.05) is 0 Å². The molecule has 2 nitrogen and oxygen atoms in total. The van der Waals surface area contributed by atoms with Crippen molar-refractivity contribution >= 4 is 0 Å². The zero-order chi connectivity index (χ0) is 11.8. The summed E-state index contributed by atoms with van der Waals surface area (Å²) in [5.74, 6) is 0. The number of hydrogen-bond donors (Lipinski definition) is 0. The van der Waals surface area contributed by atoms with E-state index in [1.807, 2.05) is 0 Å². The topological polar surface area (TPSA) is 12.5 Å². The third kappa shape index (κ3) is 2.43. The van der Waals surface area contributed by atoms with Crippen LogP contribution in [0.3, 0.4) is 0 Å². The Kier molecular flexibility index (Phi) is 3.33. The fourth-order valence-electron chi connectivity index (χ4n) is 3.53. The Morgan fingerprint density at radius 3 is 2.19 bits per heavy atom. The highest BCUT2D eigenvalue weighted by atomic mass is 16.5. The Morgan fingerprint density at radius 2 is 1.69 bits per heavy atom. The van der Waals surface area contributed by atoms with Crippen molar-refractivity contribution in [3.05, 3.63) is 0 Å². The van der Waals surface area contributed by atoms with Gasteiger partial charge in [-0.15, -0.1) is 0 Å². The van der Waals surface area contributed by atoms with Crippen LogP contribution >= 0.6 is 0 Å². The van der Waals surface area contributed by atoms with E-state index < -0.39 is 0 Å². The molecule has 0 aliphatic carbocycles. The summed E-state index contributed by atoms with van der Waals surface area (Å²) in [5, 5.41) is 0. The van der Waals surface area contributed by atoms with Crippen molar-refractivity contribution in [2.24, 2.45) is 0 Å². The minimum absolute atomic E-state index is 0.341. The van der Waals surface area contributed by atoms with Crippen LogP contribution in [0.15, 0.2) is 0 Å². The lowest BCUT2D eigenvalue weighted by Crippen LogP contribution is -2.60. The molecule has 1 unspecified atom stereocenters. The van der Waals surface area contributed by atoms with Crippen molar-refractivity contribution in [1.29, 1.82) is 0 Å². The first-order valence-corrected chi connectivity index (χ1v) is 6.81. The van der Waals surface area contributed by atoms with Gasteiger partial charge in [-0.3, -0.25) is 4.90 Å². The van der Waals surface area contributed by atoms with Gasteiger partial charge in [-0.2, -0.15) is 0 Å². The highest BCUT2D eigenvalue weighted by Crippen LogP contribution is 2.38. The Hall–Kier alpha value is -0.0800. The van der Waals surface area contributed by atoms with E-state index in [0.717, 1.165) is 13.2 Å². The molecule has 2 heteroatoms. The molecule has 0 N–H and O–H groups in total. The van der Waals surface area contributed by atoms with Crippen molar-refractivity contribution in [2.45, 2.75) is 77.0 Å². The van der Waals surface area contributed by atoms with E-state index in [0.29, 0.717) is 17.2 Å². The fraction of sp³-hybridized carbons (Fsp3) is 1.00. The van der Waals surface area contributed by atoms with Gasteiger partial charge >= 0.3 is 0 Å². The highest BCUT2D eigenvalue weighted by Gasteiger charge is 2.42. The van der Waals surface area contributed by atoms with E-state index >= 15 is 0 Å². The van der Waals surface area contributed by atoms with Gasteiger partial charge in [-0.25, -0.2) is 0 Å². The van der Waals surface area contributed by atoms with Crippen LogP contribution in [0.25, 0.3) is 0 Å². The van der Waals surface area contributed by atoms with Crippen LogP contribution in [0.2, 0.25) is 0 Å². The third-order valence-electron chi connectivity index (χ3n) is 4.45. The molecular formula is C14H27NO. The highest BCUT2D eigenvalue weighted by molar-refractivity contribution is 4.97. The molecule has 0 radical (unpaired) electrons. The van der Waals surface area contributed by atoms with Crippen LogP contribution in [-0.4, -0.2) is 35.2 Å². The predicted octanol–water partition coefficient (Wildman–Crippen LogP) is 3.21. The van der Waals surface area contributed by atoms with Gasteiger partial charge in [-0.05, 0) is 59.8 Å². The number of nitrogens with zero attached hydrogens (tertiary/aromatic N) is 1. The van der Waals surface area contributed by atoms with Crippen molar-refractivity contribution in [3.8, 4) is 0 Å². The lowest BCUT2D eigenvalue weighted by molar-refractivity contribution is -0.0582. The Balaban J connectivity index is 2.06. The molecule has 0 bridgehead atoms. The van der Waals surface area contributed by atoms with Gasteiger partial charge < -0.3 is 4.74 Å². The maximum absolute atomic E-state index is 5.80. The molecule has 0 aromatic carbocycles. The van der Waals surface area contributed by atoms with E-state index in [1.165, 1.54) is 32.1 Å². The predicted molar refractivity (Wildman–Crippen MR) is 67.7 cm³/mol. The molecule has 2 aliphatic heterocycles. The maximum Gasteiger partial charge on any atom is 0.0703 e. The monoisotopic (exact) mass is 225 g/mol. The fourth-order valence-corrected chi connectivity index (χ4v) is 3.53. The van der Waals surface area contributed by atoms with Crippen molar-refractivity contribution < 1.29 is 4.74 Å². The molecule has 16 heavy (non-hydrogen) atoms. The second-order valence-corrected chi connectivity index (χ2v) is 6.72. The van der Waals surface area contributed by atoms with Crippen LogP contribution in [0.1, 0.15) is 59.8 Å². The Labute approximate surface area is 100 Å². The van der Waals surface area contributed by atoms with Crippen LogP contribution < -0.4 is 0 Å². The summed E-state index contributed by atoms with van der Waals surface area (Å²) in [6.45, 7) is 11.7. The standard InChI is InChI=1S/C14H27NO/c1-13(2)8-6-9-14(3,4)15(13)11-12-7-5-10-16-12/h12H,5-11H2,1-4H3. The summed E-state index contributed by atoms with van der Waals surface area (Å²) in [5.41, 5.74) is 0.682. The molecule has 2 fully saturated rings. The Morgan fingerprint density at radius 1 is 1.06 bits per heavy atom. The molecule has 0 aromatic rings. The van der Waals surface area contributed by atoms with E-state index in [4.69, 9.17) is 4.74 Å². The van der Waals surface area contributed by atoms with Crippen LogP contribution in [-0.2, 0) is 4.74 Å². The van der Waals surface area contributed by atoms with Crippen LogP contribution in [0.4, 0.5) is 0 Å². The van der Waals surface area contributed by atoms with Gasteiger partial charge in [0.1, 0.15) is 0 Å². The second-order valence-electron chi connectivity index (χ2n) is 6.72. The average Bonchev–Trinajstić information content (AvgIpc) is 2.63. The Bertz CT molecular complexity index is 225. The number of likely N-dealkylation sites (tertiary alicyclic amines) is 1. The molecule has 1 atom stereocenters. The normalized spacial score (nSPS) is 34.1. The minimum atomic E-state index is 0.341. The molecule has 2 heterocycles. The summed E-state index contributed by atoms with van der Waals surface area (Å²) >= 11 is 0. The SMILES string of the molecule is CC1(C)CCCC(C)(C)N1CC1CCCO1. The zero-order valence-corrected chi connectivity index (χ0v) is 11.4. The largest absolute Gasteiger partial charge is 0.377 e. The molecule has 0 amide bonds. The molecule has 0 aromatic heterocycles. The number of hydrogen-bond acceptors (Lipinski definition) is 2. The van der Waals surface area contributed by atoms with Crippen molar-refractivity contribution in [3.63, 3.8) is 0 Å². The first-order chi connectivity index (χ1) is 7.42. The van der Waals surface area contributed by atoms with Gasteiger partial charge in [0.15, 0.2) is 0 Å². The summed E-state index contributed by atoms with van der Waals surface area (Å²) < 4.78 is 5.80. The molecule has 0 spiro atoms. The van der Waals surface area contributed by atoms with E-state index in [-0.39, 0.29) is 0 Å². The minimum Gasteiger partial charge on any atom is -0.377 e. The summed E-state index contributed by atoms with van der Waals surface area (Å²) in [6, 6.07) is 0. The van der Waals surface area contributed by atoms with E-state index in [9.17, 15) is 0 Å². The molecule has 2 aliphatic rings. The van der Waals surface area contributed by atoms with Gasteiger partial charge in [0, 0.05) is 24.2 Å². The summed E-state index contributed by atoms with van der Waals surface area (Å²) in [6.07, 6.45) is 6.99. The summed E-state index contributed by atoms with van der Waals surface area (Å²) in [7, 11) is 0. The van der Waals surface area contributed by atoms with Gasteiger partial charge in [0.05, 0.1) is 6.10 Å². The molecule has 94 valence electrons. The second kappa shape index (κ2) is 4.30. The average molecular weight is 225 g/mol. The van der Waals surface area contributed by atoms with Crippen LogP contribution in [0.5, 0.6) is 0 Å². The smallest absolute Gasteiger partial charge is 0.0703 e. The number of ether oxygens (including phenoxy) is 1. The molecular weight excluding hydrogens is 198 g/mol. The molecule has 2 rings (SSSR count). The quantitative estimate of drug-likeness (QED) is 0.715. The van der Waals surface area contributed by atoms with E-state index in [2.05, 4.69) is 32.6 Å². The first kappa shape index (κ1) is 12.4. The van der Waals surface area contributed by atoms with Gasteiger partial charge in [0.2, 0.25) is 0 Å². The zero-order valence-electron chi connectivity index (χ0n) is 11.4. The number of piperidine rings is 1. The van der Waals surface area contributed by atoms with Crippen molar-refractivity contribution in [2.75, 3.05) is 13.2 Å². The van der Waals surface area contributed by atoms with Crippen molar-refractivity contribution in [1.82, 2.24) is 4.90 Å². The lowest BCUT2D eigenvalue weighted by atomic mass is 9.79.